The molecule has 2 aliphatic rings. The molecule has 280 valence electrons. The first-order valence-corrected chi connectivity index (χ1v) is 20.8. The Kier molecular flexibility index (Phi) is 7.83. The fourth-order valence-corrected chi connectivity index (χ4v) is 10.4. The molecule has 0 saturated carbocycles. The van der Waals surface area contributed by atoms with Gasteiger partial charge in [-0.3, -0.25) is 0 Å². The molecule has 10 aromatic carbocycles. The Bertz CT molecular complexity index is 3140. The molecule has 1 heteroatoms. The van der Waals surface area contributed by atoms with Gasteiger partial charge in [-0.15, -0.1) is 0 Å². The van der Waals surface area contributed by atoms with Crippen molar-refractivity contribution in [2.45, 2.75) is 5.41 Å². The van der Waals surface area contributed by atoms with Crippen molar-refractivity contribution in [2.24, 2.45) is 0 Å². The molecule has 1 nitrogen and oxygen atoms in total. The van der Waals surface area contributed by atoms with Gasteiger partial charge in [-0.05, 0) is 125 Å². The number of anilines is 3. The Morgan fingerprint density at radius 1 is 0.267 bits per heavy atom. The number of hydrogen-bond acceptors (Lipinski definition) is 1. The average molecular weight is 762 g/mol. The Hall–Kier alpha value is -7.74. The van der Waals surface area contributed by atoms with Gasteiger partial charge in [0.25, 0.3) is 0 Å². The summed E-state index contributed by atoms with van der Waals surface area (Å²) in [6.45, 7) is 0. The first-order valence-electron chi connectivity index (χ1n) is 20.8. The van der Waals surface area contributed by atoms with Crippen molar-refractivity contribution in [3.63, 3.8) is 0 Å². The highest BCUT2D eigenvalue weighted by Gasteiger charge is 2.53. The van der Waals surface area contributed by atoms with Crippen LogP contribution in [0, 0.1) is 0 Å². The summed E-state index contributed by atoms with van der Waals surface area (Å²) < 4.78 is 0. The molecule has 10 aromatic rings. The van der Waals surface area contributed by atoms with Crippen LogP contribution in [0.4, 0.5) is 17.1 Å². The van der Waals surface area contributed by atoms with Crippen LogP contribution in [-0.2, 0) is 5.41 Å². The molecule has 0 N–H and O–H groups in total. The van der Waals surface area contributed by atoms with Crippen LogP contribution in [0.1, 0.15) is 22.3 Å². The minimum absolute atomic E-state index is 0.551. The highest BCUT2D eigenvalue weighted by atomic mass is 15.1. The Morgan fingerprint density at radius 3 is 1.35 bits per heavy atom. The van der Waals surface area contributed by atoms with Gasteiger partial charge in [0.05, 0.1) is 5.41 Å². The molecule has 60 heavy (non-hydrogen) atoms. The van der Waals surface area contributed by atoms with Gasteiger partial charge < -0.3 is 4.90 Å². The zero-order chi connectivity index (χ0) is 39.6. The molecule has 0 fully saturated rings. The van der Waals surface area contributed by atoms with Crippen molar-refractivity contribution < 1.29 is 0 Å². The topological polar surface area (TPSA) is 3.24 Å². The molecular weight excluding hydrogens is 723 g/mol. The summed E-state index contributed by atoms with van der Waals surface area (Å²) in [6, 6.07) is 87.4. The van der Waals surface area contributed by atoms with E-state index in [1.165, 1.54) is 88.7 Å². The molecule has 0 radical (unpaired) electrons. The molecule has 12 rings (SSSR count). The van der Waals surface area contributed by atoms with Gasteiger partial charge >= 0.3 is 0 Å². The van der Waals surface area contributed by atoms with Gasteiger partial charge in [-0.2, -0.15) is 0 Å². The molecule has 0 amide bonds. The normalized spacial score (nSPS) is 12.8. The first kappa shape index (κ1) is 34.3. The van der Waals surface area contributed by atoms with Gasteiger partial charge in [-0.25, -0.2) is 0 Å². The molecule has 0 atom stereocenters. The molecule has 0 saturated heterocycles. The fourth-order valence-electron chi connectivity index (χ4n) is 10.4. The molecule has 0 heterocycles. The van der Waals surface area contributed by atoms with E-state index < -0.39 is 5.41 Å². The van der Waals surface area contributed by atoms with Gasteiger partial charge in [0.2, 0.25) is 0 Å². The van der Waals surface area contributed by atoms with Crippen LogP contribution in [0.15, 0.2) is 237 Å². The minimum Gasteiger partial charge on any atom is -0.310 e. The van der Waals surface area contributed by atoms with E-state index >= 15 is 0 Å². The maximum Gasteiger partial charge on any atom is 0.0732 e. The predicted octanol–water partition coefficient (Wildman–Crippen LogP) is 15.7. The van der Waals surface area contributed by atoms with E-state index in [9.17, 15) is 0 Å². The summed E-state index contributed by atoms with van der Waals surface area (Å²) in [4.78, 5) is 2.45. The van der Waals surface area contributed by atoms with Gasteiger partial charge in [0, 0.05) is 17.1 Å². The minimum atomic E-state index is -0.551. The third kappa shape index (κ3) is 5.13. The smallest absolute Gasteiger partial charge is 0.0732 e. The van der Waals surface area contributed by atoms with Crippen molar-refractivity contribution in [3.8, 4) is 55.6 Å². The van der Waals surface area contributed by atoms with Crippen LogP contribution in [0.25, 0.3) is 66.4 Å². The third-order valence-electron chi connectivity index (χ3n) is 12.9. The van der Waals surface area contributed by atoms with Gasteiger partial charge in [0.1, 0.15) is 0 Å². The van der Waals surface area contributed by atoms with Gasteiger partial charge in [-0.1, -0.05) is 200 Å². The molecule has 0 unspecified atom stereocenters. The van der Waals surface area contributed by atoms with Crippen LogP contribution < -0.4 is 4.90 Å². The average Bonchev–Trinajstić information content (AvgIpc) is 3.79. The van der Waals surface area contributed by atoms with E-state index in [-0.39, 0.29) is 0 Å². The molecule has 1 spiro atoms. The summed E-state index contributed by atoms with van der Waals surface area (Å²) in [6.07, 6.45) is 0. The zero-order valence-corrected chi connectivity index (χ0v) is 33.0. The monoisotopic (exact) mass is 761 g/mol. The highest BCUT2D eigenvalue weighted by Crippen LogP contribution is 2.65. The lowest BCUT2D eigenvalue weighted by atomic mass is 9.68. The van der Waals surface area contributed by atoms with Crippen molar-refractivity contribution in [1.82, 2.24) is 0 Å². The van der Waals surface area contributed by atoms with Crippen molar-refractivity contribution in [1.29, 1.82) is 0 Å². The molecule has 0 bridgehead atoms. The lowest BCUT2D eigenvalue weighted by Crippen LogP contribution is -2.27. The summed E-state index contributed by atoms with van der Waals surface area (Å²) in [5, 5.41) is 2.51. The van der Waals surface area contributed by atoms with Crippen LogP contribution in [0.5, 0.6) is 0 Å². The lowest BCUT2D eigenvalue weighted by Gasteiger charge is -2.33. The van der Waals surface area contributed by atoms with Crippen LogP contribution in [0.2, 0.25) is 0 Å². The van der Waals surface area contributed by atoms with E-state index in [1.54, 1.807) is 0 Å². The standard InChI is InChI=1S/C59H39N/c1-3-17-40(18-4-1)43-23-13-25-45(37-43)60(46-26-14-24-44(38-46)41-19-5-2-6-20-41)47-35-36-52-54-32-16-31-53(49-30-15-22-42-21-7-8-27-48(42)49)58(54)59(57(52)39-47)55-33-11-9-28-50(55)51-29-10-12-34-56(51)59/h1-39H. The third-order valence-corrected chi connectivity index (χ3v) is 12.9. The zero-order valence-electron chi connectivity index (χ0n) is 33.0. The Labute approximate surface area is 351 Å². The molecular formula is C59H39N. The molecule has 0 aromatic heterocycles. The van der Waals surface area contributed by atoms with Gasteiger partial charge in [0.15, 0.2) is 0 Å². The van der Waals surface area contributed by atoms with E-state index in [1.807, 2.05) is 0 Å². The maximum absolute atomic E-state index is 2.51. The van der Waals surface area contributed by atoms with E-state index in [2.05, 4.69) is 241 Å². The summed E-state index contributed by atoms with van der Waals surface area (Å²) in [7, 11) is 0. The molecule has 2 aliphatic carbocycles. The van der Waals surface area contributed by atoms with E-state index in [4.69, 9.17) is 0 Å². The number of hydrogen-bond donors (Lipinski definition) is 0. The summed E-state index contributed by atoms with van der Waals surface area (Å²) in [5.41, 5.74) is 20.6. The van der Waals surface area contributed by atoms with Crippen LogP contribution in [-0.4, -0.2) is 0 Å². The number of nitrogens with zero attached hydrogens (tertiary/aromatic N) is 1. The summed E-state index contributed by atoms with van der Waals surface area (Å²) >= 11 is 0. The first-order chi connectivity index (χ1) is 29.8. The second-order valence-electron chi connectivity index (χ2n) is 16.0. The summed E-state index contributed by atoms with van der Waals surface area (Å²) in [5.74, 6) is 0. The second-order valence-corrected chi connectivity index (χ2v) is 16.0. The SMILES string of the molecule is c1ccc(-c2cccc(N(c3cccc(-c4ccccc4)c3)c3ccc4c(c3)C3(c5ccccc5-c5ccccc53)c3c-4cccc3-c3cccc4ccccc34)c2)cc1. The fraction of sp³-hybridized carbons (Fsp3) is 0.0169. The van der Waals surface area contributed by atoms with Crippen molar-refractivity contribution in [3.05, 3.63) is 259 Å². The predicted molar refractivity (Wildman–Crippen MR) is 251 cm³/mol. The number of benzene rings is 10. The highest BCUT2D eigenvalue weighted by molar-refractivity contribution is 6.04. The quantitative estimate of drug-likeness (QED) is 0.163. The van der Waals surface area contributed by atoms with E-state index in [0.29, 0.717) is 0 Å². The second kappa shape index (κ2) is 13.7. The van der Waals surface area contributed by atoms with Crippen LogP contribution >= 0.6 is 0 Å². The largest absolute Gasteiger partial charge is 0.310 e. The van der Waals surface area contributed by atoms with E-state index in [0.717, 1.165) is 17.1 Å². The van der Waals surface area contributed by atoms with Crippen molar-refractivity contribution in [2.75, 3.05) is 4.90 Å². The number of rotatable bonds is 6. The number of fused-ring (bicyclic) bond motifs is 11. The maximum atomic E-state index is 2.51. The molecule has 0 aliphatic heterocycles. The lowest BCUT2D eigenvalue weighted by molar-refractivity contribution is 0.796. The Morgan fingerprint density at radius 2 is 0.700 bits per heavy atom. The van der Waals surface area contributed by atoms with Crippen molar-refractivity contribution >= 4 is 27.8 Å². The Balaban J connectivity index is 1.15. The van der Waals surface area contributed by atoms with Crippen LogP contribution in [0.3, 0.4) is 0 Å².